The van der Waals surface area contributed by atoms with Crippen LogP contribution in [0.3, 0.4) is 0 Å². The Labute approximate surface area is 203 Å². The number of rotatable bonds is 5. The van der Waals surface area contributed by atoms with Crippen molar-refractivity contribution >= 4 is 17.9 Å². The van der Waals surface area contributed by atoms with Gasteiger partial charge in [-0.15, -0.1) is 0 Å². The Hall–Kier alpha value is -1.63. The van der Waals surface area contributed by atoms with Gasteiger partial charge in [-0.05, 0) is 86.9 Å². The molecule has 4 fully saturated rings. The van der Waals surface area contributed by atoms with Crippen molar-refractivity contribution in [2.24, 2.45) is 34.5 Å². The van der Waals surface area contributed by atoms with E-state index in [1.54, 1.807) is 0 Å². The number of aliphatic hydroxyl groups is 1. The molecule has 0 heterocycles. The predicted molar refractivity (Wildman–Crippen MR) is 124 cm³/mol. The highest BCUT2D eigenvalue weighted by Crippen LogP contribution is 2.69. The van der Waals surface area contributed by atoms with Crippen LogP contribution in [0.1, 0.15) is 92.4 Å². The number of esters is 3. The molecule has 0 amide bonds. The molecule has 1 N–H and O–H groups in total. The maximum absolute atomic E-state index is 12.1. The Morgan fingerprint density at radius 1 is 0.882 bits per heavy atom. The second-order valence-corrected chi connectivity index (χ2v) is 12.0. The van der Waals surface area contributed by atoms with Crippen molar-refractivity contribution in [3.63, 3.8) is 0 Å². The van der Waals surface area contributed by atoms with Crippen molar-refractivity contribution < 1.29 is 33.7 Å². The summed E-state index contributed by atoms with van der Waals surface area (Å²) >= 11 is 0. The highest BCUT2D eigenvalue weighted by Gasteiger charge is 2.67. The molecule has 4 rings (SSSR count). The monoisotopic (exact) mass is 478 g/mol. The Bertz CT molecular complexity index is 826. The molecule has 7 heteroatoms. The van der Waals surface area contributed by atoms with Crippen molar-refractivity contribution in [1.82, 2.24) is 0 Å². The zero-order valence-electron chi connectivity index (χ0n) is 21.4. The first kappa shape index (κ1) is 25.5. The van der Waals surface area contributed by atoms with Crippen LogP contribution in [0.25, 0.3) is 0 Å². The Kier molecular flexibility index (Phi) is 6.82. The van der Waals surface area contributed by atoms with E-state index in [0.717, 1.165) is 51.4 Å². The number of hydrogen-bond donors (Lipinski definition) is 1. The third-order valence-electron chi connectivity index (χ3n) is 10.4. The quantitative estimate of drug-likeness (QED) is 0.467. The molecule has 0 saturated heterocycles. The number of carbonyl (C=O) groups is 3. The van der Waals surface area contributed by atoms with E-state index < -0.39 is 29.1 Å². The molecule has 7 nitrogen and oxygen atoms in total. The van der Waals surface area contributed by atoms with Gasteiger partial charge in [0.15, 0.2) is 6.10 Å². The van der Waals surface area contributed by atoms with Crippen LogP contribution >= 0.6 is 0 Å². The van der Waals surface area contributed by atoms with Gasteiger partial charge in [0.1, 0.15) is 18.3 Å². The maximum Gasteiger partial charge on any atom is 0.303 e. The van der Waals surface area contributed by atoms with Gasteiger partial charge in [-0.2, -0.15) is 0 Å². The third kappa shape index (κ3) is 4.16. The molecule has 0 aliphatic heterocycles. The van der Waals surface area contributed by atoms with Crippen molar-refractivity contribution in [3.8, 4) is 0 Å². The Morgan fingerprint density at radius 2 is 1.59 bits per heavy atom. The molecule has 9 atom stereocenters. The topological polar surface area (TPSA) is 99.1 Å². The molecular weight excluding hydrogens is 436 g/mol. The second kappa shape index (κ2) is 9.11. The van der Waals surface area contributed by atoms with Crippen LogP contribution in [0, 0.1) is 34.5 Å². The van der Waals surface area contributed by atoms with Gasteiger partial charge in [-0.1, -0.05) is 13.8 Å². The lowest BCUT2D eigenvalue weighted by Gasteiger charge is -2.62. The zero-order chi connectivity index (χ0) is 24.9. The van der Waals surface area contributed by atoms with Crippen LogP contribution in [0.4, 0.5) is 0 Å². The van der Waals surface area contributed by atoms with Gasteiger partial charge in [-0.25, -0.2) is 0 Å². The molecule has 34 heavy (non-hydrogen) atoms. The fourth-order valence-corrected chi connectivity index (χ4v) is 8.80. The van der Waals surface area contributed by atoms with Gasteiger partial charge in [0.2, 0.25) is 0 Å². The number of fused-ring (bicyclic) bond motifs is 5. The van der Waals surface area contributed by atoms with Crippen molar-refractivity contribution in [1.29, 1.82) is 0 Å². The van der Waals surface area contributed by atoms with Crippen LogP contribution in [-0.2, 0) is 28.6 Å². The van der Waals surface area contributed by atoms with E-state index in [4.69, 9.17) is 14.2 Å². The summed E-state index contributed by atoms with van der Waals surface area (Å²) in [5.41, 5.74) is -1.38. The smallest absolute Gasteiger partial charge is 0.303 e. The van der Waals surface area contributed by atoms with Crippen molar-refractivity contribution in [2.75, 3.05) is 6.61 Å². The van der Waals surface area contributed by atoms with E-state index in [1.165, 1.54) is 20.8 Å². The minimum absolute atomic E-state index is 0.0447. The first-order chi connectivity index (χ1) is 15.9. The van der Waals surface area contributed by atoms with Crippen molar-refractivity contribution in [2.45, 2.75) is 110 Å². The average Bonchev–Trinajstić information content (AvgIpc) is 3.02. The fourth-order valence-electron chi connectivity index (χ4n) is 8.80. The number of hydrogen-bond acceptors (Lipinski definition) is 7. The Balaban J connectivity index is 1.55. The van der Waals surface area contributed by atoms with Gasteiger partial charge in [0.05, 0.1) is 0 Å². The summed E-state index contributed by atoms with van der Waals surface area (Å²) in [6.45, 7) is 8.66. The summed E-state index contributed by atoms with van der Waals surface area (Å²) in [7, 11) is 0. The first-order valence-electron chi connectivity index (χ1n) is 13.1. The van der Waals surface area contributed by atoms with Crippen LogP contribution in [-0.4, -0.2) is 47.4 Å². The predicted octanol–water partition coefficient (Wildman–Crippen LogP) is 4.19. The van der Waals surface area contributed by atoms with Crippen LogP contribution in [0.5, 0.6) is 0 Å². The molecule has 0 radical (unpaired) electrons. The van der Waals surface area contributed by atoms with Crippen LogP contribution in [0.2, 0.25) is 0 Å². The minimum atomic E-state index is -1.21. The van der Waals surface area contributed by atoms with E-state index in [9.17, 15) is 19.5 Å². The summed E-state index contributed by atoms with van der Waals surface area (Å²) in [6, 6.07) is 0. The van der Waals surface area contributed by atoms with E-state index >= 15 is 0 Å². The van der Waals surface area contributed by atoms with Crippen molar-refractivity contribution in [3.05, 3.63) is 0 Å². The standard InChI is InChI=1S/C27H42O7/c1-16(28)32-15-24(34-18(3)30)27(31)13-10-23-21-7-6-19-14-20(33-17(2)29)8-11-25(19,4)22(21)9-12-26(23,27)5/h19-24,31H,6-15H2,1-5H3/t19-,20+,21+,22+,23+,24-,25-,26-,27+/m0/s1. The largest absolute Gasteiger partial charge is 0.463 e. The molecule has 0 spiro atoms. The van der Waals surface area contributed by atoms with E-state index in [-0.39, 0.29) is 24.1 Å². The van der Waals surface area contributed by atoms with Gasteiger partial charge in [-0.3, -0.25) is 14.4 Å². The molecule has 4 saturated carbocycles. The normalized spacial score (nSPS) is 44.1. The van der Waals surface area contributed by atoms with E-state index in [1.807, 2.05) is 0 Å². The molecule has 0 aromatic heterocycles. The summed E-state index contributed by atoms with van der Waals surface area (Å²) in [4.78, 5) is 34.9. The lowest BCUT2D eigenvalue weighted by Crippen LogP contribution is -2.61. The fraction of sp³-hybridized carbons (Fsp3) is 0.889. The average molecular weight is 479 g/mol. The summed E-state index contributed by atoms with van der Waals surface area (Å²) < 4.78 is 16.4. The van der Waals surface area contributed by atoms with E-state index in [0.29, 0.717) is 30.1 Å². The highest BCUT2D eigenvalue weighted by atomic mass is 16.6. The lowest BCUT2D eigenvalue weighted by molar-refractivity contribution is -0.213. The summed E-state index contributed by atoms with van der Waals surface area (Å²) in [5, 5.41) is 12.1. The second-order valence-electron chi connectivity index (χ2n) is 12.0. The summed E-state index contributed by atoms with van der Waals surface area (Å²) in [6.07, 6.45) is 7.74. The van der Waals surface area contributed by atoms with Gasteiger partial charge in [0.25, 0.3) is 0 Å². The van der Waals surface area contributed by atoms with Crippen LogP contribution in [0.15, 0.2) is 0 Å². The zero-order valence-corrected chi connectivity index (χ0v) is 21.4. The molecule has 0 aromatic rings. The first-order valence-corrected chi connectivity index (χ1v) is 13.1. The van der Waals surface area contributed by atoms with E-state index in [2.05, 4.69) is 13.8 Å². The molecule has 0 aromatic carbocycles. The molecule has 0 unspecified atom stereocenters. The number of ether oxygens (including phenoxy) is 3. The lowest BCUT2D eigenvalue weighted by atomic mass is 9.44. The number of carbonyl (C=O) groups excluding carboxylic acids is 3. The molecule has 4 aliphatic carbocycles. The molecule has 4 aliphatic rings. The molecule has 0 bridgehead atoms. The van der Waals surface area contributed by atoms with Crippen LogP contribution < -0.4 is 0 Å². The highest BCUT2D eigenvalue weighted by molar-refractivity contribution is 5.67. The minimum Gasteiger partial charge on any atom is -0.463 e. The molecule has 192 valence electrons. The maximum atomic E-state index is 12.1. The summed E-state index contributed by atoms with van der Waals surface area (Å²) in [5.74, 6) is 0.919. The van der Waals surface area contributed by atoms with Gasteiger partial charge >= 0.3 is 17.9 Å². The Morgan fingerprint density at radius 3 is 2.24 bits per heavy atom. The third-order valence-corrected chi connectivity index (χ3v) is 10.4. The molecular formula is C27H42O7. The SMILES string of the molecule is CC(=O)OC[C@H](OC(C)=O)[C@]1(O)CC[C@@H]2[C@@H]3CC[C@H]4C[C@H](OC(C)=O)CC[C@]4(C)[C@@H]3CC[C@@]21C. The van der Waals surface area contributed by atoms with Gasteiger partial charge < -0.3 is 19.3 Å². The van der Waals surface area contributed by atoms with Gasteiger partial charge in [0, 0.05) is 26.2 Å².